The van der Waals surface area contributed by atoms with Gasteiger partial charge >= 0.3 is 21.1 Å². The van der Waals surface area contributed by atoms with Crippen molar-refractivity contribution in [1.29, 1.82) is 0 Å². The quantitative estimate of drug-likeness (QED) is 0.165. The van der Waals surface area contributed by atoms with Crippen LogP contribution in [0.4, 0.5) is 0 Å². The summed E-state index contributed by atoms with van der Waals surface area (Å²) in [5.74, 6) is 2.72. The smallest absolute Gasteiger partial charge is 0.501 e. The van der Waals surface area contributed by atoms with Gasteiger partial charge in [-0.3, -0.25) is 4.57 Å². The third-order valence-electron chi connectivity index (χ3n) is 9.81. The Bertz CT molecular complexity index is 2990. The molecule has 0 amide bonds. The van der Waals surface area contributed by atoms with E-state index in [1.54, 1.807) is 11.3 Å². The molecule has 0 saturated heterocycles. The second-order valence-electron chi connectivity index (χ2n) is 15.3. The van der Waals surface area contributed by atoms with Gasteiger partial charge in [-0.1, -0.05) is 77.4 Å². The fraction of sp³-hybridized carbons (Fsp3) is 0.186. The first-order valence-corrected chi connectivity index (χ1v) is 17.9. The molecule has 0 radical (unpaired) electrons. The Morgan fingerprint density at radius 3 is 2.35 bits per heavy atom. The van der Waals surface area contributed by atoms with Gasteiger partial charge in [-0.2, -0.15) is 11.3 Å². The van der Waals surface area contributed by atoms with Crippen molar-refractivity contribution in [2.24, 2.45) is 0 Å². The van der Waals surface area contributed by atoms with E-state index < -0.39 is 0 Å². The average Bonchev–Trinajstić information content (AvgIpc) is 3.87. The molecule has 10 rings (SSSR count). The largest absolute Gasteiger partial charge is 2.00 e. The molecular formula is C43H33N5O2PtS. The summed E-state index contributed by atoms with van der Waals surface area (Å²) in [5.41, 5.74) is 9.16. The van der Waals surface area contributed by atoms with E-state index in [0.29, 0.717) is 11.5 Å². The van der Waals surface area contributed by atoms with Gasteiger partial charge in [-0.25, -0.2) is 9.97 Å². The van der Waals surface area contributed by atoms with E-state index in [4.69, 9.17) is 24.1 Å². The molecule has 0 fully saturated rings. The van der Waals surface area contributed by atoms with Crippen molar-refractivity contribution in [2.75, 3.05) is 0 Å². The first kappa shape index (κ1) is 32.8. The number of imidazole rings is 2. The summed E-state index contributed by atoms with van der Waals surface area (Å²) < 4.78 is 19.8. The van der Waals surface area contributed by atoms with Crippen molar-refractivity contribution in [3.8, 4) is 28.6 Å². The number of thiophene rings is 1. The molecule has 7 nitrogen and oxygen atoms in total. The maximum Gasteiger partial charge on any atom is 2.00 e. The number of pyridine rings is 2. The molecule has 0 N–H and O–H groups in total. The number of ether oxygens (including phenoxy) is 1. The van der Waals surface area contributed by atoms with E-state index >= 15 is 0 Å². The predicted octanol–water partition coefficient (Wildman–Crippen LogP) is 11.4. The second-order valence-corrected chi connectivity index (χ2v) is 16.3. The van der Waals surface area contributed by atoms with Gasteiger partial charge in [-0.05, 0) is 91.2 Å². The molecule has 4 aromatic carbocycles. The van der Waals surface area contributed by atoms with Crippen LogP contribution in [-0.2, 0) is 31.9 Å². The van der Waals surface area contributed by atoms with Gasteiger partial charge in [0.25, 0.3) is 0 Å². The fourth-order valence-electron chi connectivity index (χ4n) is 7.13. The Kier molecular flexibility index (Phi) is 7.25. The molecule has 6 heterocycles. The third kappa shape index (κ3) is 4.91. The molecular weight excluding hydrogens is 846 g/mol. The van der Waals surface area contributed by atoms with E-state index in [-0.39, 0.29) is 31.9 Å². The van der Waals surface area contributed by atoms with Crippen LogP contribution in [0.15, 0.2) is 95.7 Å². The molecule has 0 spiro atoms. The summed E-state index contributed by atoms with van der Waals surface area (Å²) >= 11 is 1.69. The number of rotatable bonds is 4. The zero-order valence-electron chi connectivity index (χ0n) is 29.4. The van der Waals surface area contributed by atoms with Crippen LogP contribution in [0.1, 0.15) is 52.7 Å². The van der Waals surface area contributed by atoms with Gasteiger partial charge in [0.1, 0.15) is 11.4 Å². The molecule has 0 unspecified atom stereocenters. The summed E-state index contributed by atoms with van der Waals surface area (Å²) in [5, 5.41) is 2.14. The summed E-state index contributed by atoms with van der Waals surface area (Å²) in [6, 6.07) is 34.1. The molecule has 10 aromatic rings. The van der Waals surface area contributed by atoms with Crippen molar-refractivity contribution in [2.45, 2.75) is 52.4 Å². The summed E-state index contributed by atoms with van der Waals surface area (Å²) in [4.78, 5) is 14.7. The van der Waals surface area contributed by atoms with Crippen LogP contribution in [-0.4, -0.2) is 23.9 Å². The van der Waals surface area contributed by atoms with Crippen molar-refractivity contribution in [3.63, 3.8) is 0 Å². The van der Waals surface area contributed by atoms with Crippen molar-refractivity contribution in [1.82, 2.24) is 23.9 Å². The molecule has 0 aliphatic rings. The number of benzene rings is 4. The van der Waals surface area contributed by atoms with E-state index in [1.807, 2.05) is 48.8 Å². The van der Waals surface area contributed by atoms with E-state index in [1.165, 1.54) is 11.1 Å². The predicted molar refractivity (Wildman–Crippen MR) is 206 cm³/mol. The Morgan fingerprint density at radius 2 is 1.54 bits per heavy atom. The molecule has 9 heteroatoms. The zero-order chi connectivity index (χ0) is 34.8. The van der Waals surface area contributed by atoms with Crippen LogP contribution in [0.5, 0.6) is 11.5 Å². The zero-order valence-corrected chi connectivity index (χ0v) is 32.5. The third-order valence-corrected chi connectivity index (χ3v) is 11.0. The van der Waals surface area contributed by atoms with Gasteiger partial charge in [-0.15, -0.1) is 18.2 Å². The first-order chi connectivity index (χ1) is 24.5. The van der Waals surface area contributed by atoms with E-state index in [2.05, 4.69) is 105 Å². The first-order valence-electron chi connectivity index (χ1n) is 17.1. The van der Waals surface area contributed by atoms with Gasteiger partial charge in [0, 0.05) is 28.2 Å². The normalized spacial score (nSPS) is 12.7. The standard InChI is InChI=1S/C43H33N5O2S.Pt/c1-42(2,3)24-16-18-44-29(20-24)27-23-34(40-38-37-33(50-39(27)38)12-9-13-35(37)51-40)49-26-14-15-31-32(22-26)48(36-21-25(17-19-45-36)43(4,5)6)41-46-28-10-7-8-11-30(28)47(31)41;/h7-21H,1-6H3;/q-2;+2. The minimum Gasteiger partial charge on any atom is -0.501 e. The van der Waals surface area contributed by atoms with Crippen molar-refractivity contribution < 1.29 is 30.2 Å². The number of hydrogen-bond acceptors (Lipinski definition) is 6. The maximum absolute atomic E-state index is 6.85. The Hall–Kier alpha value is -5.04. The fourth-order valence-corrected chi connectivity index (χ4v) is 8.28. The molecule has 0 aliphatic heterocycles. The number of aromatic nitrogens is 5. The summed E-state index contributed by atoms with van der Waals surface area (Å²) in [6.07, 6.45) is 3.74. The minimum atomic E-state index is -0.0566. The van der Waals surface area contributed by atoms with Crippen molar-refractivity contribution >= 4 is 70.5 Å². The van der Waals surface area contributed by atoms with E-state index in [9.17, 15) is 0 Å². The topological polar surface area (TPSA) is 70.4 Å². The second kappa shape index (κ2) is 11.5. The Labute approximate surface area is 318 Å². The maximum atomic E-state index is 6.85. The van der Waals surface area contributed by atoms with Gasteiger partial charge in [0.15, 0.2) is 0 Å². The Balaban J connectivity index is 0.00000360. The molecule has 0 aliphatic carbocycles. The van der Waals surface area contributed by atoms with Crippen molar-refractivity contribution in [3.05, 3.63) is 115 Å². The van der Waals surface area contributed by atoms with Gasteiger partial charge in [0.05, 0.1) is 22.4 Å². The Morgan fingerprint density at radius 1 is 0.769 bits per heavy atom. The molecule has 258 valence electrons. The summed E-state index contributed by atoms with van der Waals surface area (Å²) in [6.45, 7) is 13.3. The molecule has 52 heavy (non-hydrogen) atoms. The number of para-hydroxylation sites is 2. The molecule has 0 saturated carbocycles. The van der Waals surface area contributed by atoms with E-state index in [0.717, 1.165) is 76.3 Å². The number of nitrogens with zero attached hydrogens (tertiary/aromatic N) is 5. The SMILES string of the molecule is CC(C)(C)c1ccnc(-c2[c-]c(Oc3[c-]c4c(cc3)n3c5ccccc5nc3n4-c3cc(C(C)(C)C)ccn3)c3sc4cccc5oc2c3c54)c1.[Pt+2]. The molecule has 0 atom stereocenters. The average molecular weight is 879 g/mol. The molecule has 0 bridgehead atoms. The number of furan rings is 1. The minimum absolute atomic E-state index is 0. The van der Waals surface area contributed by atoms with Crippen LogP contribution < -0.4 is 4.74 Å². The van der Waals surface area contributed by atoms with Crippen LogP contribution in [0.3, 0.4) is 0 Å². The summed E-state index contributed by atoms with van der Waals surface area (Å²) in [7, 11) is 0. The van der Waals surface area contributed by atoms with Gasteiger partial charge in [0.2, 0.25) is 5.78 Å². The van der Waals surface area contributed by atoms with Crippen LogP contribution in [0.25, 0.3) is 76.3 Å². The number of fused-ring (bicyclic) bond motifs is 5. The van der Waals surface area contributed by atoms with Gasteiger partial charge < -0.3 is 18.5 Å². The monoisotopic (exact) mass is 878 g/mol. The molecule has 6 aromatic heterocycles. The van der Waals surface area contributed by atoms with Crippen LogP contribution >= 0.6 is 11.3 Å². The van der Waals surface area contributed by atoms with Crippen LogP contribution in [0, 0.1) is 12.1 Å². The number of hydrogen-bond donors (Lipinski definition) is 0. The van der Waals surface area contributed by atoms with Crippen LogP contribution in [0.2, 0.25) is 0 Å².